The standard InChI is InChI=1S/C18H33NO3Si/c1-11-9-8-10-13-18(11,21-13)15-14(16(20)19-15)12(2)22-23(6,7)17(3,4)5/h11-15H,8-10H2,1-7H3,(H,19,20)/t11?,12-,13-,14+,15-,18-/m1/s1. The maximum absolute atomic E-state index is 12.3. The van der Waals surface area contributed by atoms with Crippen LogP contribution >= 0.6 is 0 Å². The van der Waals surface area contributed by atoms with Gasteiger partial charge in [0.2, 0.25) is 5.91 Å². The topological polar surface area (TPSA) is 50.9 Å². The van der Waals surface area contributed by atoms with Crippen LogP contribution in [0.4, 0.5) is 0 Å². The minimum atomic E-state index is -1.87. The fraction of sp³-hybridized carbons (Fsp3) is 0.944. The highest BCUT2D eigenvalue weighted by Crippen LogP contribution is 2.57. The lowest BCUT2D eigenvalue weighted by Crippen LogP contribution is -2.70. The number of β-lactam (4-membered cyclic amide) rings is 1. The largest absolute Gasteiger partial charge is 0.413 e. The zero-order valence-electron chi connectivity index (χ0n) is 15.7. The maximum Gasteiger partial charge on any atom is 0.228 e. The molecule has 4 nitrogen and oxygen atoms in total. The monoisotopic (exact) mass is 339 g/mol. The summed E-state index contributed by atoms with van der Waals surface area (Å²) >= 11 is 0. The number of hydrogen-bond acceptors (Lipinski definition) is 3. The van der Waals surface area contributed by atoms with Crippen LogP contribution in [-0.4, -0.2) is 38.1 Å². The molecule has 1 saturated carbocycles. The van der Waals surface area contributed by atoms with Gasteiger partial charge in [0.25, 0.3) is 0 Å². The van der Waals surface area contributed by atoms with Crippen LogP contribution in [0.2, 0.25) is 18.1 Å². The van der Waals surface area contributed by atoms with Gasteiger partial charge in [-0.15, -0.1) is 0 Å². The number of ether oxygens (including phenoxy) is 1. The number of carbonyl (C=O) groups is 1. The highest BCUT2D eigenvalue weighted by atomic mass is 28.4. The van der Waals surface area contributed by atoms with Gasteiger partial charge in [-0.1, -0.05) is 34.1 Å². The number of rotatable bonds is 4. The molecule has 0 aromatic rings. The fourth-order valence-electron chi connectivity index (χ4n) is 4.33. The van der Waals surface area contributed by atoms with E-state index in [1.165, 1.54) is 12.8 Å². The van der Waals surface area contributed by atoms with Crippen molar-refractivity contribution in [1.82, 2.24) is 5.32 Å². The van der Waals surface area contributed by atoms with Crippen LogP contribution in [-0.2, 0) is 14.0 Å². The third-order valence-corrected chi connectivity index (χ3v) is 11.5. The van der Waals surface area contributed by atoms with Crippen molar-refractivity contribution in [3.05, 3.63) is 0 Å². The summed E-state index contributed by atoms with van der Waals surface area (Å²) < 4.78 is 12.7. The molecule has 2 saturated heterocycles. The second-order valence-electron chi connectivity index (χ2n) is 9.39. The first kappa shape index (κ1) is 17.4. The molecule has 0 radical (unpaired) electrons. The molecule has 6 atom stereocenters. The molecule has 23 heavy (non-hydrogen) atoms. The highest BCUT2D eigenvalue weighted by molar-refractivity contribution is 6.74. The van der Waals surface area contributed by atoms with Gasteiger partial charge in [0.05, 0.1) is 24.2 Å². The van der Waals surface area contributed by atoms with Gasteiger partial charge < -0.3 is 14.5 Å². The summed E-state index contributed by atoms with van der Waals surface area (Å²) in [5, 5.41) is 3.31. The number of epoxide rings is 1. The molecule has 3 rings (SSSR count). The van der Waals surface area contributed by atoms with Gasteiger partial charge in [-0.25, -0.2) is 0 Å². The first-order valence-electron chi connectivity index (χ1n) is 9.17. The fourth-order valence-corrected chi connectivity index (χ4v) is 5.76. The van der Waals surface area contributed by atoms with Gasteiger partial charge in [-0.3, -0.25) is 4.79 Å². The SMILES string of the molecule is CC1CCC[C@H]2O[C@]12[C@@H]1NC(=O)[C@H]1[C@@H](C)O[Si](C)(C)C(C)(C)C. The number of amides is 1. The summed E-state index contributed by atoms with van der Waals surface area (Å²) in [6.45, 7) is 15.6. The predicted molar refractivity (Wildman–Crippen MR) is 93.8 cm³/mol. The Balaban J connectivity index is 1.73. The van der Waals surface area contributed by atoms with Crippen LogP contribution in [0.15, 0.2) is 0 Å². The first-order valence-corrected chi connectivity index (χ1v) is 12.1. The van der Waals surface area contributed by atoms with Crippen LogP contribution in [0.1, 0.15) is 53.9 Å². The molecule has 1 amide bonds. The minimum Gasteiger partial charge on any atom is -0.413 e. The molecular formula is C18H33NO3Si. The van der Waals surface area contributed by atoms with Crippen molar-refractivity contribution < 1.29 is 14.0 Å². The molecule has 2 heterocycles. The van der Waals surface area contributed by atoms with E-state index in [0.29, 0.717) is 12.0 Å². The molecular weight excluding hydrogens is 306 g/mol. The molecule has 3 fully saturated rings. The van der Waals surface area contributed by atoms with E-state index in [1.807, 2.05) is 0 Å². The summed E-state index contributed by atoms with van der Waals surface area (Å²) in [5.74, 6) is 0.603. The van der Waals surface area contributed by atoms with E-state index >= 15 is 0 Å². The summed E-state index contributed by atoms with van der Waals surface area (Å²) in [4.78, 5) is 12.3. The van der Waals surface area contributed by atoms with E-state index in [-0.39, 0.29) is 34.6 Å². The van der Waals surface area contributed by atoms with Crippen LogP contribution in [0, 0.1) is 11.8 Å². The zero-order valence-corrected chi connectivity index (χ0v) is 16.7. The Morgan fingerprint density at radius 3 is 2.52 bits per heavy atom. The van der Waals surface area contributed by atoms with Crippen molar-refractivity contribution in [2.24, 2.45) is 11.8 Å². The molecule has 1 aliphatic carbocycles. The predicted octanol–water partition coefficient (Wildman–Crippen LogP) is 3.47. The number of hydrogen-bond donors (Lipinski definition) is 1. The van der Waals surface area contributed by atoms with Crippen molar-refractivity contribution >= 4 is 14.2 Å². The van der Waals surface area contributed by atoms with Gasteiger partial charge in [0.1, 0.15) is 5.60 Å². The molecule has 2 aliphatic heterocycles. The lowest BCUT2D eigenvalue weighted by atomic mass is 9.68. The summed E-state index contributed by atoms with van der Waals surface area (Å²) in [7, 11) is -1.87. The average molecular weight is 340 g/mol. The van der Waals surface area contributed by atoms with Crippen molar-refractivity contribution in [2.75, 3.05) is 0 Å². The third-order valence-electron chi connectivity index (χ3n) is 6.90. The van der Waals surface area contributed by atoms with Crippen LogP contribution in [0.25, 0.3) is 0 Å². The Hall–Kier alpha value is -0.393. The number of carbonyl (C=O) groups excluding carboxylic acids is 1. The van der Waals surface area contributed by atoms with E-state index in [1.54, 1.807) is 0 Å². The molecule has 0 bridgehead atoms. The molecule has 3 aliphatic rings. The van der Waals surface area contributed by atoms with Gasteiger partial charge >= 0.3 is 0 Å². The van der Waals surface area contributed by atoms with Gasteiger partial charge in [0, 0.05) is 0 Å². The summed E-state index contributed by atoms with van der Waals surface area (Å²) in [6, 6.07) is 0.134. The smallest absolute Gasteiger partial charge is 0.228 e. The number of fused-ring (bicyclic) bond motifs is 1. The van der Waals surface area contributed by atoms with E-state index in [2.05, 4.69) is 53.0 Å². The van der Waals surface area contributed by atoms with E-state index in [4.69, 9.17) is 9.16 Å². The second-order valence-corrected chi connectivity index (χ2v) is 14.1. The Morgan fingerprint density at radius 2 is 2.00 bits per heavy atom. The molecule has 0 aromatic carbocycles. The van der Waals surface area contributed by atoms with Crippen LogP contribution < -0.4 is 5.32 Å². The molecule has 0 spiro atoms. The molecule has 1 N–H and O–H groups in total. The quantitative estimate of drug-likeness (QED) is 0.485. The molecule has 132 valence electrons. The minimum absolute atomic E-state index is 0.0389. The lowest BCUT2D eigenvalue weighted by molar-refractivity contribution is -0.144. The normalized spacial score (nSPS) is 41.6. The maximum atomic E-state index is 12.3. The second kappa shape index (κ2) is 5.30. The first-order chi connectivity index (χ1) is 10.5. The summed E-state index contributed by atoms with van der Waals surface area (Å²) in [6.07, 6.45) is 3.89. The molecule has 1 unspecified atom stereocenters. The molecule has 0 aromatic heterocycles. The van der Waals surface area contributed by atoms with Crippen molar-refractivity contribution in [2.45, 2.75) is 95.9 Å². The zero-order chi connectivity index (χ0) is 17.2. The lowest BCUT2D eigenvalue weighted by Gasteiger charge is -2.48. The van der Waals surface area contributed by atoms with Crippen molar-refractivity contribution in [3.63, 3.8) is 0 Å². The Morgan fingerprint density at radius 1 is 1.35 bits per heavy atom. The highest BCUT2D eigenvalue weighted by Gasteiger charge is 2.71. The van der Waals surface area contributed by atoms with Crippen molar-refractivity contribution in [1.29, 1.82) is 0 Å². The van der Waals surface area contributed by atoms with Crippen LogP contribution in [0.5, 0.6) is 0 Å². The van der Waals surface area contributed by atoms with E-state index < -0.39 is 8.32 Å². The third kappa shape index (κ3) is 2.59. The number of nitrogens with one attached hydrogen (secondary N) is 1. The van der Waals surface area contributed by atoms with Crippen molar-refractivity contribution in [3.8, 4) is 0 Å². The van der Waals surface area contributed by atoms with Gasteiger partial charge in [0.15, 0.2) is 8.32 Å². The van der Waals surface area contributed by atoms with Crippen LogP contribution in [0.3, 0.4) is 0 Å². The van der Waals surface area contributed by atoms with Gasteiger partial charge in [-0.05, 0) is 43.8 Å². The Bertz CT molecular complexity index is 501. The van der Waals surface area contributed by atoms with Gasteiger partial charge in [-0.2, -0.15) is 0 Å². The Labute approximate surface area is 141 Å². The summed E-state index contributed by atoms with van der Waals surface area (Å²) in [5.41, 5.74) is -0.109. The molecule has 5 heteroatoms. The average Bonchev–Trinajstić information content (AvgIpc) is 3.10. The van der Waals surface area contributed by atoms with E-state index in [0.717, 1.165) is 6.42 Å². The Kier molecular flexibility index (Phi) is 4.02. The van der Waals surface area contributed by atoms with E-state index in [9.17, 15) is 4.79 Å².